The number of aromatic nitrogens is 4. The second-order valence-electron chi connectivity index (χ2n) is 6.48. The molecule has 0 aliphatic heterocycles. The van der Waals surface area contributed by atoms with Gasteiger partial charge in [0, 0.05) is 5.56 Å². The minimum atomic E-state index is 0.306. The summed E-state index contributed by atoms with van der Waals surface area (Å²) in [4.78, 5) is 2.06. The van der Waals surface area contributed by atoms with Crippen LogP contribution in [0.4, 0.5) is 0 Å². The Hall–Kier alpha value is -3.73. The minimum absolute atomic E-state index is 0.306. The first kappa shape index (κ1) is 15.5. The Morgan fingerprint density at radius 3 is 2.04 bits per heavy atom. The van der Waals surface area contributed by atoms with Gasteiger partial charge in [-0.1, -0.05) is 66.7 Å². The van der Waals surface area contributed by atoms with E-state index in [1.165, 1.54) is 4.80 Å². The maximum atomic E-state index is 12.3. The van der Waals surface area contributed by atoms with Crippen molar-refractivity contribution in [3.8, 4) is 11.4 Å². The maximum absolute atomic E-state index is 12.3. The highest BCUT2D eigenvalue weighted by molar-refractivity contribution is 6.02. The molecule has 0 spiro atoms. The fourth-order valence-corrected chi connectivity index (χ4v) is 3.55. The van der Waals surface area contributed by atoms with Gasteiger partial charge < -0.3 is 5.21 Å². The molecule has 0 amide bonds. The Bertz CT molecular complexity index is 1210. The SMILES string of the molecule is [O-][n+]1nn(Cc2c3ccccc3cc3ccccc23)nc1-c1ccccc1. The minimum Gasteiger partial charge on any atom is -0.721 e. The summed E-state index contributed by atoms with van der Waals surface area (Å²) in [6.45, 7) is 0.428. The van der Waals surface area contributed by atoms with Crippen LogP contribution < -0.4 is 4.85 Å². The molecule has 0 fully saturated rings. The van der Waals surface area contributed by atoms with Crippen LogP contribution in [0.25, 0.3) is 32.9 Å². The van der Waals surface area contributed by atoms with Crippen LogP contribution in [-0.2, 0) is 6.54 Å². The van der Waals surface area contributed by atoms with E-state index in [4.69, 9.17) is 0 Å². The van der Waals surface area contributed by atoms with Crippen molar-refractivity contribution < 1.29 is 4.85 Å². The van der Waals surface area contributed by atoms with Crippen molar-refractivity contribution in [2.45, 2.75) is 6.54 Å². The molecule has 0 aliphatic rings. The first-order chi connectivity index (χ1) is 13.3. The monoisotopic (exact) mass is 352 g/mol. The van der Waals surface area contributed by atoms with E-state index < -0.39 is 0 Å². The van der Waals surface area contributed by atoms with E-state index in [1.54, 1.807) is 0 Å². The number of benzene rings is 4. The van der Waals surface area contributed by atoms with Crippen molar-refractivity contribution >= 4 is 21.5 Å². The molecule has 5 aromatic rings. The first-order valence-electron chi connectivity index (χ1n) is 8.79. The fraction of sp³-hybridized carbons (Fsp3) is 0.0455. The van der Waals surface area contributed by atoms with Crippen LogP contribution in [0, 0.1) is 5.21 Å². The zero-order chi connectivity index (χ0) is 18.2. The smallest absolute Gasteiger partial charge is 0.330 e. The van der Waals surface area contributed by atoms with Crippen molar-refractivity contribution in [2.75, 3.05) is 0 Å². The summed E-state index contributed by atoms with van der Waals surface area (Å²) in [5.74, 6) is 0.306. The van der Waals surface area contributed by atoms with E-state index in [0.717, 1.165) is 32.7 Å². The van der Waals surface area contributed by atoms with E-state index in [1.807, 2.05) is 54.6 Å². The summed E-state index contributed by atoms with van der Waals surface area (Å²) in [5.41, 5.74) is 1.86. The molecule has 5 heteroatoms. The van der Waals surface area contributed by atoms with Gasteiger partial charge in [0.2, 0.25) is 0 Å². The predicted octanol–water partition coefficient (Wildman–Crippen LogP) is 3.93. The zero-order valence-corrected chi connectivity index (χ0v) is 14.5. The van der Waals surface area contributed by atoms with Gasteiger partial charge in [-0.15, -0.1) is 4.85 Å². The summed E-state index contributed by atoms with van der Waals surface area (Å²) < 4.78 is 0. The number of rotatable bonds is 3. The van der Waals surface area contributed by atoms with Gasteiger partial charge >= 0.3 is 5.82 Å². The van der Waals surface area contributed by atoms with E-state index in [-0.39, 0.29) is 0 Å². The van der Waals surface area contributed by atoms with E-state index >= 15 is 0 Å². The van der Waals surface area contributed by atoms with E-state index in [0.29, 0.717) is 17.2 Å². The fourth-order valence-electron chi connectivity index (χ4n) is 3.55. The number of tetrazole rings is 1. The van der Waals surface area contributed by atoms with Gasteiger partial charge in [-0.2, -0.15) is 0 Å². The maximum Gasteiger partial charge on any atom is 0.330 e. The van der Waals surface area contributed by atoms with E-state index in [2.05, 4.69) is 40.6 Å². The highest BCUT2D eigenvalue weighted by atomic mass is 16.5. The molecule has 0 aliphatic carbocycles. The number of nitrogens with zero attached hydrogens (tertiary/aromatic N) is 4. The van der Waals surface area contributed by atoms with Gasteiger partial charge in [0.1, 0.15) is 0 Å². The molecule has 0 N–H and O–H groups in total. The molecule has 27 heavy (non-hydrogen) atoms. The third kappa shape index (κ3) is 2.69. The number of hydrogen-bond donors (Lipinski definition) is 0. The average molecular weight is 352 g/mol. The summed E-state index contributed by atoms with van der Waals surface area (Å²) in [6, 6.07) is 28.1. The van der Waals surface area contributed by atoms with Crippen molar-refractivity contribution in [1.29, 1.82) is 0 Å². The highest BCUT2D eigenvalue weighted by Crippen LogP contribution is 2.29. The molecule has 0 atom stereocenters. The van der Waals surface area contributed by atoms with Crippen LogP contribution >= 0.6 is 0 Å². The van der Waals surface area contributed by atoms with Crippen LogP contribution in [0.2, 0.25) is 0 Å². The topological polar surface area (TPSA) is 57.6 Å². The second kappa shape index (κ2) is 6.21. The molecule has 1 aromatic heterocycles. The van der Waals surface area contributed by atoms with Crippen LogP contribution in [0.3, 0.4) is 0 Å². The lowest BCUT2D eigenvalue weighted by molar-refractivity contribution is -0.661. The van der Waals surface area contributed by atoms with Crippen LogP contribution in [0.1, 0.15) is 5.56 Å². The molecule has 0 unspecified atom stereocenters. The second-order valence-corrected chi connectivity index (χ2v) is 6.48. The third-order valence-corrected chi connectivity index (χ3v) is 4.79. The number of hydrogen-bond acceptors (Lipinski definition) is 3. The van der Waals surface area contributed by atoms with Gasteiger partial charge in [0.05, 0.1) is 15.9 Å². The van der Waals surface area contributed by atoms with Crippen molar-refractivity contribution in [3.63, 3.8) is 0 Å². The molecular formula is C22H16N4O. The predicted molar refractivity (Wildman–Crippen MR) is 105 cm³/mol. The van der Waals surface area contributed by atoms with Gasteiger partial charge in [-0.25, -0.2) is 0 Å². The van der Waals surface area contributed by atoms with Crippen LogP contribution in [0.5, 0.6) is 0 Å². The Kier molecular flexibility index (Phi) is 3.57. The van der Waals surface area contributed by atoms with Gasteiger partial charge in [0.15, 0.2) is 6.54 Å². The summed E-state index contributed by atoms with van der Waals surface area (Å²) in [5, 5.41) is 25.4. The summed E-state index contributed by atoms with van der Waals surface area (Å²) >= 11 is 0. The molecule has 4 aromatic carbocycles. The lowest BCUT2D eigenvalue weighted by atomic mass is 9.97. The third-order valence-electron chi connectivity index (χ3n) is 4.79. The Labute approximate surface area is 155 Å². The standard InChI is InChI=1S/C22H16N4O/c27-26-22(16-8-2-1-3-9-16)23-25(24-26)15-21-19-12-6-4-10-17(19)14-18-11-5-7-13-20(18)21/h1-14H,15H2. The molecule has 5 nitrogen and oxygen atoms in total. The molecule has 130 valence electrons. The summed E-state index contributed by atoms with van der Waals surface area (Å²) in [7, 11) is 0. The Morgan fingerprint density at radius 1 is 0.778 bits per heavy atom. The average Bonchev–Trinajstić information content (AvgIpc) is 3.08. The Balaban J connectivity index is 1.66. The quantitative estimate of drug-likeness (QED) is 0.281. The van der Waals surface area contributed by atoms with Crippen molar-refractivity contribution in [3.05, 3.63) is 95.7 Å². The largest absolute Gasteiger partial charge is 0.721 e. The van der Waals surface area contributed by atoms with Gasteiger partial charge in [0.25, 0.3) is 0 Å². The van der Waals surface area contributed by atoms with Gasteiger partial charge in [-0.3, -0.25) is 0 Å². The summed E-state index contributed by atoms with van der Waals surface area (Å²) in [6.07, 6.45) is 0. The van der Waals surface area contributed by atoms with Gasteiger partial charge in [-0.05, 0) is 44.5 Å². The van der Waals surface area contributed by atoms with E-state index in [9.17, 15) is 5.21 Å². The van der Waals surface area contributed by atoms with Crippen LogP contribution in [0.15, 0.2) is 84.9 Å². The highest BCUT2D eigenvalue weighted by Gasteiger charge is 2.18. The molecule has 0 saturated heterocycles. The molecule has 0 saturated carbocycles. The molecular weight excluding hydrogens is 336 g/mol. The number of fused-ring (bicyclic) bond motifs is 2. The molecule has 1 heterocycles. The van der Waals surface area contributed by atoms with Crippen molar-refractivity contribution in [1.82, 2.24) is 15.1 Å². The van der Waals surface area contributed by atoms with Crippen molar-refractivity contribution in [2.24, 2.45) is 0 Å². The normalized spacial score (nSPS) is 11.3. The molecule has 5 rings (SSSR count). The lowest BCUT2D eigenvalue weighted by Gasteiger charge is -2.08. The Morgan fingerprint density at radius 2 is 1.37 bits per heavy atom. The van der Waals surface area contributed by atoms with Crippen LogP contribution in [-0.4, -0.2) is 15.1 Å². The molecule has 0 bridgehead atoms. The lowest BCUT2D eigenvalue weighted by Crippen LogP contribution is -2.31. The molecule has 0 radical (unpaired) electrons. The first-order valence-corrected chi connectivity index (χ1v) is 8.79. The zero-order valence-electron chi connectivity index (χ0n) is 14.5.